The molecule has 7 heteroatoms. The third-order valence-corrected chi connectivity index (χ3v) is 6.18. The van der Waals surface area contributed by atoms with E-state index in [1.807, 2.05) is 17.0 Å². The number of benzene rings is 1. The smallest absolute Gasteiger partial charge is 0.243 e. The zero-order chi connectivity index (χ0) is 16.9. The SMILES string of the molecule is N=C(N)N1CCC2(CC1)CSC1=C(O2)c2ccccc2C(=O)C1=O. The fraction of sp³-hybridized carbons (Fsp3) is 0.353. The summed E-state index contributed by atoms with van der Waals surface area (Å²) < 4.78 is 6.34. The molecule has 0 amide bonds. The van der Waals surface area contributed by atoms with E-state index in [1.54, 1.807) is 12.1 Å². The highest BCUT2D eigenvalue weighted by molar-refractivity contribution is 8.04. The third-order valence-electron chi connectivity index (χ3n) is 4.85. The predicted molar refractivity (Wildman–Crippen MR) is 91.7 cm³/mol. The van der Waals surface area contributed by atoms with E-state index in [0.29, 0.717) is 40.6 Å². The van der Waals surface area contributed by atoms with E-state index in [0.717, 1.165) is 12.8 Å². The van der Waals surface area contributed by atoms with Gasteiger partial charge in [-0.2, -0.15) is 0 Å². The fourth-order valence-corrected chi connectivity index (χ4v) is 4.68. The molecule has 0 aromatic heterocycles. The maximum Gasteiger partial charge on any atom is 0.243 e. The van der Waals surface area contributed by atoms with Gasteiger partial charge in [0.2, 0.25) is 11.6 Å². The zero-order valence-corrected chi connectivity index (χ0v) is 13.8. The number of hydrogen-bond acceptors (Lipinski definition) is 5. The highest BCUT2D eigenvalue weighted by atomic mass is 32.2. The number of nitrogens with one attached hydrogen (secondary N) is 1. The van der Waals surface area contributed by atoms with Gasteiger partial charge < -0.3 is 15.4 Å². The Bertz CT molecular complexity index is 794. The molecule has 1 fully saturated rings. The normalized spacial score (nSPS) is 22.1. The van der Waals surface area contributed by atoms with Crippen LogP contribution < -0.4 is 5.73 Å². The van der Waals surface area contributed by atoms with Crippen molar-refractivity contribution in [3.63, 3.8) is 0 Å². The van der Waals surface area contributed by atoms with Crippen LogP contribution in [0.2, 0.25) is 0 Å². The van der Waals surface area contributed by atoms with E-state index in [9.17, 15) is 9.59 Å². The Kier molecular flexibility index (Phi) is 3.42. The number of carbonyl (C=O) groups is 2. The molecule has 1 aromatic carbocycles. The van der Waals surface area contributed by atoms with Crippen LogP contribution in [-0.4, -0.2) is 46.9 Å². The number of likely N-dealkylation sites (tertiary alicyclic amines) is 1. The van der Waals surface area contributed by atoms with Crippen LogP contribution in [-0.2, 0) is 9.53 Å². The van der Waals surface area contributed by atoms with E-state index in [-0.39, 0.29) is 11.6 Å². The monoisotopic (exact) mass is 343 g/mol. The molecule has 3 N–H and O–H groups in total. The van der Waals surface area contributed by atoms with Gasteiger partial charge in [0.25, 0.3) is 0 Å². The lowest BCUT2D eigenvalue weighted by molar-refractivity contribution is -0.111. The summed E-state index contributed by atoms with van der Waals surface area (Å²) in [6.45, 7) is 1.32. The summed E-state index contributed by atoms with van der Waals surface area (Å²) in [4.78, 5) is 26.9. The molecule has 0 atom stereocenters. The van der Waals surface area contributed by atoms with Gasteiger partial charge in [0.15, 0.2) is 5.96 Å². The highest BCUT2D eigenvalue weighted by Crippen LogP contribution is 2.47. The average molecular weight is 343 g/mol. The number of nitrogens with two attached hydrogens (primary N) is 1. The van der Waals surface area contributed by atoms with Gasteiger partial charge in [0.1, 0.15) is 16.3 Å². The van der Waals surface area contributed by atoms with Gasteiger partial charge >= 0.3 is 0 Å². The summed E-state index contributed by atoms with van der Waals surface area (Å²) >= 11 is 1.42. The van der Waals surface area contributed by atoms with Crippen LogP contribution in [0.3, 0.4) is 0 Å². The summed E-state index contributed by atoms with van der Waals surface area (Å²) in [6.07, 6.45) is 1.47. The minimum atomic E-state index is -0.468. The zero-order valence-electron chi connectivity index (χ0n) is 13.0. The Balaban J connectivity index is 1.68. The number of rotatable bonds is 0. The maximum atomic E-state index is 12.4. The van der Waals surface area contributed by atoms with Crippen molar-refractivity contribution in [3.05, 3.63) is 40.3 Å². The molecule has 124 valence electrons. The lowest BCUT2D eigenvalue weighted by Crippen LogP contribution is -2.52. The summed E-state index contributed by atoms with van der Waals surface area (Å²) in [5, 5.41) is 7.55. The molecule has 1 spiro atoms. The Labute approximate surface area is 143 Å². The Morgan fingerprint density at radius 3 is 2.50 bits per heavy atom. The molecule has 2 heterocycles. The molecule has 3 aliphatic rings. The average Bonchev–Trinajstić information content (AvgIpc) is 2.60. The number of carbonyl (C=O) groups excluding carboxylic acids is 2. The van der Waals surface area contributed by atoms with Crippen LogP contribution in [0.4, 0.5) is 0 Å². The van der Waals surface area contributed by atoms with Gasteiger partial charge in [-0.15, -0.1) is 11.8 Å². The van der Waals surface area contributed by atoms with Crippen molar-refractivity contribution >= 4 is 35.0 Å². The van der Waals surface area contributed by atoms with Gasteiger partial charge in [-0.05, 0) is 0 Å². The molecule has 0 radical (unpaired) electrons. The fourth-order valence-electron chi connectivity index (χ4n) is 3.41. The molecule has 4 rings (SSSR count). The van der Waals surface area contributed by atoms with Crippen LogP contribution >= 0.6 is 11.8 Å². The van der Waals surface area contributed by atoms with Crippen molar-refractivity contribution in [2.75, 3.05) is 18.8 Å². The third kappa shape index (κ3) is 2.23. The summed E-state index contributed by atoms with van der Waals surface area (Å²) in [7, 11) is 0. The van der Waals surface area contributed by atoms with Gasteiger partial charge in [-0.25, -0.2) is 0 Å². The van der Waals surface area contributed by atoms with Crippen molar-refractivity contribution in [2.45, 2.75) is 18.4 Å². The molecular formula is C17H17N3O3S. The molecule has 1 aliphatic carbocycles. The van der Waals surface area contributed by atoms with Crippen molar-refractivity contribution in [1.82, 2.24) is 4.90 Å². The summed E-state index contributed by atoms with van der Waals surface area (Å²) in [5.74, 6) is 0.339. The number of Topliss-reactive ketones (excluding diaryl/α,β-unsaturated/α-hetero) is 2. The Morgan fingerprint density at radius 1 is 1.17 bits per heavy atom. The number of ether oxygens (including phenoxy) is 1. The topological polar surface area (TPSA) is 96.5 Å². The molecule has 2 aliphatic heterocycles. The number of nitrogens with zero attached hydrogens (tertiary/aromatic N) is 1. The minimum absolute atomic E-state index is 0.0806. The number of guanidine groups is 1. The first-order chi connectivity index (χ1) is 11.5. The minimum Gasteiger partial charge on any atom is -0.484 e. The van der Waals surface area contributed by atoms with E-state index >= 15 is 0 Å². The Morgan fingerprint density at radius 2 is 1.83 bits per heavy atom. The van der Waals surface area contributed by atoms with Crippen LogP contribution in [0, 0.1) is 5.41 Å². The first-order valence-electron chi connectivity index (χ1n) is 7.84. The van der Waals surface area contributed by atoms with Gasteiger partial charge in [0, 0.05) is 42.8 Å². The molecule has 1 aromatic rings. The number of ketones is 2. The van der Waals surface area contributed by atoms with Gasteiger partial charge in [0.05, 0.1) is 0 Å². The van der Waals surface area contributed by atoms with Gasteiger partial charge in [-0.3, -0.25) is 15.0 Å². The number of fused-ring (bicyclic) bond motifs is 2. The van der Waals surface area contributed by atoms with E-state index < -0.39 is 11.6 Å². The number of piperidine rings is 1. The molecule has 24 heavy (non-hydrogen) atoms. The summed E-state index contributed by atoms with van der Waals surface area (Å²) in [5.41, 5.74) is 6.31. The van der Waals surface area contributed by atoms with Crippen molar-refractivity contribution in [3.8, 4) is 0 Å². The van der Waals surface area contributed by atoms with Crippen LogP contribution in [0.25, 0.3) is 5.76 Å². The largest absolute Gasteiger partial charge is 0.484 e. The number of allylic oxidation sites excluding steroid dienone is 1. The molecule has 0 saturated carbocycles. The standard InChI is InChI=1S/C17H17N3O3S/c18-16(19)20-7-5-17(6-8-20)9-24-15-13(22)12(21)10-3-1-2-4-11(10)14(15)23-17/h1-4H,5-9H2,(H3,18,19). The number of hydrogen-bond donors (Lipinski definition) is 2. The lowest BCUT2D eigenvalue weighted by Gasteiger charge is -2.45. The molecular weight excluding hydrogens is 326 g/mol. The highest BCUT2D eigenvalue weighted by Gasteiger charge is 2.46. The first-order valence-corrected chi connectivity index (χ1v) is 8.83. The van der Waals surface area contributed by atoms with Crippen LogP contribution in [0.5, 0.6) is 0 Å². The molecule has 0 unspecified atom stereocenters. The molecule has 1 saturated heterocycles. The van der Waals surface area contributed by atoms with Crippen LogP contribution in [0.1, 0.15) is 28.8 Å². The second-order valence-corrected chi connectivity index (χ2v) is 7.29. The van der Waals surface area contributed by atoms with E-state index in [4.69, 9.17) is 15.9 Å². The first kappa shape index (κ1) is 15.3. The van der Waals surface area contributed by atoms with E-state index in [2.05, 4.69) is 0 Å². The maximum absolute atomic E-state index is 12.4. The Hall–Kier alpha value is -2.28. The second-order valence-electron chi connectivity index (χ2n) is 6.31. The van der Waals surface area contributed by atoms with Crippen molar-refractivity contribution < 1.29 is 14.3 Å². The molecule has 0 bridgehead atoms. The number of thioether (sulfide) groups is 1. The van der Waals surface area contributed by atoms with Crippen molar-refractivity contribution in [1.29, 1.82) is 5.41 Å². The summed E-state index contributed by atoms with van der Waals surface area (Å²) in [6, 6.07) is 7.11. The van der Waals surface area contributed by atoms with Crippen LogP contribution in [0.15, 0.2) is 29.2 Å². The van der Waals surface area contributed by atoms with Gasteiger partial charge in [-0.1, -0.05) is 24.3 Å². The van der Waals surface area contributed by atoms with Crippen molar-refractivity contribution in [2.24, 2.45) is 5.73 Å². The lowest BCUT2D eigenvalue weighted by atomic mass is 9.90. The second kappa shape index (κ2) is 5.37. The quantitative estimate of drug-likeness (QED) is 0.422. The predicted octanol–water partition coefficient (Wildman–Crippen LogP) is 1.61. The van der Waals surface area contributed by atoms with E-state index in [1.165, 1.54) is 11.8 Å². The molecule has 6 nitrogen and oxygen atoms in total.